The lowest BCUT2D eigenvalue weighted by atomic mass is 9.68. The minimum absolute atomic E-state index is 0.0267. The van der Waals surface area contributed by atoms with E-state index in [1.165, 1.54) is 6.07 Å². The second-order valence-electron chi connectivity index (χ2n) is 11.4. The Bertz CT molecular complexity index is 1060. The molecule has 0 spiro atoms. The van der Waals surface area contributed by atoms with Crippen LogP contribution in [0.2, 0.25) is 0 Å². The van der Waals surface area contributed by atoms with E-state index < -0.39 is 29.4 Å². The van der Waals surface area contributed by atoms with Crippen LogP contribution in [0, 0.1) is 41.0 Å². The van der Waals surface area contributed by atoms with Gasteiger partial charge in [0.2, 0.25) is 5.82 Å². The lowest BCUT2D eigenvalue weighted by Crippen LogP contribution is -2.26. The smallest absolute Gasteiger partial charge is 0.200 e. The molecule has 38 heavy (non-hydrogen) atoms. The third-order valence-electron chi connectivity index (χ3n) is 9.08. The van der Waals surface area contributed by atoms with Gasteiger partial charge in [0.15, 0.2) is 23.2 Å². The van der Waals surface area contributed by atoms with Gasteiger partial charge in [-0.3, -0.25) is 0 Å². The SMILES string of the molecule is CCCC(O)c1ccc(C2CCC(C3CCC(CCc4ccc(OCC)c(F)c4F)CC3)CC2)c(F)c1F. The number of aliphatic hydroxyl groups excluding tert-OH is 1. The topological polar surface area (TPSA) is 29.5 Å². The van der Waals surface area contributed by atoms with Crippen LogP contribution in [0.4, 0.5) is 17.6 Å². The quantitative estimate of drug-likeness (QED) is 0.308. The first kappa shape index (κ1) is 28.9. The predicted molar refractivity (Wildman–Crippen MR) is 142 cm³/mol. The Morgan fingerprint density at radius 3 is 2.08 bits per heavy atom. The molecule has 0 aliphatic heterocycles. The highest BCUT2D eigenvalue weighted by Gasteiger charge is 2.33. The maximum atomic E-state index is 14.9. The number of hydrogen-bond acceptors (Lipinski definition) is 2. The summed E-state index contributed by atoms with van der Waals surface area (Å²) in [7, 11) is 0. The molecule has 0 saturated heterocycles. The zero-order valence-electron chi connectivity index (χ0n) is 22.8. The van der Waals surface area contributed by atoms with Crippen LogP contribution in [0.3, 0.4) is 0 Å². The van der Waals surface area contributed by atoms with Gasteiger partial charge in [-0.1, -0.05) is 44.4 Å². The molecule has 1 unspecified atom stereocenters. The summed E-state index contributed by atoms with van der Waals surface area (Å²) in [5.41, 5.74) is 0.937. The van der Waals surface area contributed by atoms with Gasteiger partial charge in [0, 0.05) is 5.56 Å². The standard InChI is InChI=1S/C32H42F4O2/c1-3-5-27(37)26-18-17-25(30(34)31(26)35)23-14-12-22(13-15-23)21-9-6-20(7-10-21)8-11-24-16-19-28(38-4-2)32(36)29(24)33/h16-23,27,37H,3-15H2,1-2H3. The van der Waals surface area contributed by atoms with Crippen molar-refractivity contribution in [2.24, 2.45) is 17.8 Å². The average molecular weight is 535 g/mol. The van der Waals surface area contributed by atoms with E-state index in [9.17, 15) is 22.7 Å². The summed E-state index contributed by atoms with van der Waals surface area (Å²) in [6, 6.07) is 6.41. The Kier molecular flexibility index (Phi) is 10.1. The van der Waals surface area contributed by atoms with Crippen molar-refractivity contribution in [2.45, 2.75) is 103 Å². The van der Waals surface area contributed by atoms with Crippen molar-refractivity contribution in [1.82, 2.24) is 0 Å². The van der Waals surface area contributed by atoms with Crippen molar-refractivity contribution in [3.05, 3.63) is 64.2 Å². The van der Waals surface area contributed by atoms with E-state index in [-0.39, 0.29) is 17.2 Å². The first-order valence-corrected chi connectivity index (χ1v) is 14.6. The van der Waals surface area contributed by atoms with Crippen LogP contribution < -0.4 is 4.74 Å². The normalized spacial score (nSPS) is 24.8. The first-order valence-electron chi connectivity index (χ1n) is 14.6. The maximum Gasteiger partial charge on any atom is 0.200 e. The highest BCUT2D eigenvalue weighted by Crippen LogP contribution is 2.45. The molecule has 2 saturated carbocycles. The molecule has 1 atom stereocenters. The first-order chi connectivity index (χ1) is 18.3. The molecule has 1 N–H and O–H groups in total. The van der Waals surface area contributed by atoms with Crippen LogP contribution in [0.5, 0.6) is 5.75 Å². The van der Waals surface area contributed by atoms with E-state index in [1.54, 1.807) is 25.1 Å². The molecule has 0 heterocycles. The molecule has 6 heteroatoms. The summed E-state index contributed by atoms with van der Waals surface area (Å²) < 4.78 is 63.3. The fourth-order valence-corrected chi connectivity index (χ4v) is 6.82. The average Bonchev–Trinajstić information content (AvgIpc) is 2.93. The summed E-state index contributed by atoms with van der Waals surface area (Å²) in [5, 5.41) is 10.1. The van der Waals surface area contributed by atoms with Gasteiger partial charge in [0.05, 0.1) is 12.7 Å². The molecule has 2 fully saturated rings. The molecule has 2 aromatic carbocycles. The van der Waals surface area contributed by atoms with E-state index in [0.29, 0.717) is 54.7 Å². The molecular formula is C32H42F4O2. The van der Waals surface area contributed by atoms with Gasteiger partial charge in [-0.2, -0.15) is 4.39 Å². The molecule has 4 rings (SSSR count). The fraction of sp³-hybridized carbons (Fsp3) is 0.625. The van der Waals surface area contributed by atoms with Crippen molar-refractivity contribution in [2.75, 3.05) is 6.61 Å². The van der Waals surface area contributed by atoms with E-state index in [4.69, 9.17) is 4.74 Å². The van der Waals surface area contributed by atoms with Gasteiger partial charge in [-0.15, -0.1) is 0 Å². The van der Waals surface area contributed by atoms with E-state index in [2.05, 4.69) is 0 Å². The van der Waals surface area contributed by atoms with Gasteiger partial charge in [-0.25, -0.2) is 13.2 Å². The molecule has 2 aliphatic rings. The highest BCUT2D eigenvalue weighted by molar-refractivity contribution is 5.32. The van der Waals surface area contributed by atoms with Crippen LogP contribution >= 0.6 is 0 Å². The van der Waals surface area contributed by atoms with E-state index in [0.717, 1.165) is 57.8 Å². The van der Waals surface area contributed by atoms with Crippen molar-refractivity contribution < 1.29 is 27.4 Å². The Morgan fingerprint density at radius 1 is 0.789 bits per heavy atom. The summed E-state index contributed by atoms with van der Waals surface area (Å²) in [6.45, 7) is 3.95. The largest absolute Gasteiger partial charge is 0.491 e. The molecule has 2 nitrogen and oxygen atoms in total. The third-order valence-corrected chi connectivity index (χ3v) is 9.08. The highest BCUT2D eigenvalue weighted by atomic mass is 19.2. The van der Waals surface area contributed by atoms with Gasteiger partial charge < -0.3 is 9.84 Å². The van der Waals surface area contributed by atoms with Crippen LogP contribution in [0.1, 0.15) is 113 Å². The molecular weight excluding hydrogens is 492 g/mol. The van der Waals surface area contributed by atoms with Crippen LogP contribution in [0.25, 0.3) is 0 Å². The summed E-state index contributed by atoms with van der Waals surface area (Å²) in [5.74, 6) is -1.57. The lowest BCUT2D eigenvalue weighted by Gasteiger charge is -2.38. The number of benzene rings is 2. The minimum atomic E-state index is -0.962. The van der Waals surface area contributed by atoms with Crippen molar-refractivity contribution >= 4 is 0 Å². The van der Waals surface area contributed by atoms with Crippen LogP contribution in [-0.4, -0.2) is 11.7 Å². The van der Waals surface area contributed by atoms with Crippen LogP contribution in [0.15, 0.2) is 24.3 Å². The zero-order valence-corrected chi connectivity index (χ0v) is 22.8. The zero-order chi connectivity index (χ0) is 27.2. The second kappa shape index (κ2) is 13.3. The number of aryl methyl sites for hydroxylation is 1. The fourth-order valence-electron chi connectivity index (χ4n) is 6.82. The van der Waals surface area contributed by atoms with Gasteiger partial charge in [-0.05, 0) is 106 Å². The van der Waals surface area contributed by atoms with Gasteiger partial charge >= 0.3 is 0 Å². The summed E-state index contributed by atoms with van der Waals surface area (Å²) in [4.78, 5) is 0. The predicted octanol–water partition coefficient (Wildman–Crippen LogP) is 9.19. The van der Waals surface area contributed by atoms with E-state index >= 15 is 0 Å². The Labute approximate surface area is 224 Å². The maximum absolute atomic E-state index is 14.9. The number of aliphatic hydroxyl groups is 1. The van der Waals surface area contributed by atoms with Crippen LogP contribution in [-0.2, 0) is 6.42 Å². The van der Waals surface area contributed by atoms with E-state index in [1.807, 2.05) is 6.92 Å². The van der Waals surface area contributed by atoms with Gasteiger partial charge in [0.1, 0.15) is 0 Å². The van der Waals surface area contributed by atoms with Gasteiger partial charge in [0.25, 0.3) is 0 Å². The lowest BCUT2D eigenvalue weighted by molar-refractivity contribution is 0.155. The molecule has 0 aromatic heterocycles. The Hall–Kier alpha value is -2.08. The molecule has 0 radical (unpaired) electrons. The minimum Gasteiger partial charge on any atom is -0.491 e. The molecule has 210 valence electrons. The molecule has 0 bridgehead atoms. The second-order valence-corrected chi connectivity index (χ2v) is 11.4. The number of ether oxygens (including phenoxy) is 1. The number of rotatable bonds is 10. The summed E-state index contributed by atoms with van der Waals surface area (Å²) in [6.07, 6.45) is 9.83. The Balaban J connectivity index is 1.24. The summed E-state index contributed by atoms with van der Waals surface area (Å²) >= 11 is 0. The monoisotopic (exact) mass is 534 g/mol. The Morgan fingerprint density at radius 2 is 1.45 bits per heavy atom. The molecule has 2 aliphatic carbocycles. The van der Waals surface area contributed by atoms with Crippen molar-refractivity contribution in [3.8, 4) is 5.75 Å². The van der Waals surface area contributed by atoms with Crippen molar-refractivity contribution in [1.29, 1.82) is 0 Å². The number of hydrogen-bond donors (Lipinski definition) is 1. The van der Waals surface area contributed by atoms with Crippen molar-refractivity contribution in [3.63, 3.8) is 0 Å². The third kappa shape index (κ3) is 6.55. The number of halogens is 4. The molecule has 2 aromatic rings. The molecule has 0 amide bonds.